The van der Waals surface area contributed by atoms with Gasteiger partial charge in [0.05, 0.1) is 5.52 Å². The lowest BCUT2D eigenvalue weighted by molar-refractivity contribution is 0.0860. The molecule has 0 fully saturated rings. The van der Waals surface area contributed by atoms with Crippen molar-refractivity contribution in [3.05, 3.63) is 59.1 Å². The van der Waals surface area contributed by atoms with E-state index >= 15 is 0 Å². The zero-order valence-corrected chi connectivity index (χ0v) is 14.7. The van der Waals surface area contributed by atoms with Gasteiger partial charge in [-0.15, -0.1) is 0 Å². The quantitative estimate of drug-likeness (QED) is 0.639. The topological polar surface area (TPSA) is 56.0 Å². The Bertz CT molecular complexity index is 925. The number of pyridine rings is 1. The van der Waals surface area contributed by atoms with Crippen molar-refractivity contribution in [1.29, 1.82) is 0 Å². The molecular weight excluding hydrogens is 320 g/mol. The molecule has 4 heteroatoms. The summed E-state index contributed by atoms with van der Waals surface area (Å²) in [4.78, 5) is 17.2. The molecule has 3 aromatic rings. The average Bonchev–Trinajstić information content (AvgIpc) is 2.53. The highest BCUT2D eigenvalue weighted by molar-refractivity contribution is 6.30. The molecule has 2 aromatic carbocycles. The van der Waals surface area contributed by atoms with Gasteiger partial charge in [0.1, 0.15) is 5.82 Å². The van der Waals surface area contributed by atoms with Crippen LogP contribution in [0.25, 0.3) is 22.0 Å². The predicted molar refractivity (Wildman–Crippen MR) is 100 cm³/mol. The molecule has 0 saturated carbocycles. The van der Waals surface area contributed by atoms with Crippen LogP contribution in [0, 0.1) is 5.41 Å². The van der Waals surface area contributed by atoms with Gasteiger partial charge in [0, 0.05) is 21.4 Å². The molecule has 24 heavy (non-hydrogen) atoms. The van der Waals surface area contributed by atoms with E-state index in [0.29, 0.717) is 21.9 Å². The second-order valence-electron chi connectivity index (χ2n) is 6.88. The standard InChI is InChI=1S/C20H19ClN2O/c1-20(2,3)19(24)16-9-8-14(12-4-6-13(21)7-5-12)15-10-11-17(22)23-18(15)16/h4-11H,1-3H3,(H2,22,23). The third kappa shape index (κ3) is 3.00. The average molecular weight is 339 g/mol. The van der Waals surface area contributed by atoms with E-state index in [1.807, 2.05) is 63.2 Å². The maximum Gasteiger partial charge on any atom is 0.170 e. The molecule has 0 aliphatic rings. The summed E-state index contributed by atoms with van der Waals surface area (Å²) in [7, 11) is 0. The highest BCUT2D eigenvalue weighted by atomic mass is 35.5. The zero-order valence-electron chi connectivity index (χ0n) is 13.9. The molecule has 0 radical (unpaired) electrons. The maximum absolute atomic E-state index is 12.8. The Morgan fingerprint density at radius 3 is 2.29 bits per heavy atom. The number of benzene rings is 2. The van der Waals surface area contributed by atoms with Gasteiger partial charge in [-0.2, -0.15) is 0 Å². The number of ketones is 1. The summed E-state index contributed by atoms with van der Waals surface area (Å²) in [6.45, 7) is 5.71. The summed E-state index contributed by atoms with van der Waals surface area (Å²) >= 11 is 5.98. The number of nitrogens with two attached hydrogens (primary N) is 1. The number of anilines is 1. The van der Waals surface area contributed by atoms with E-state index in [4.69, 9.17) is 17.3 Å². The summed E-state index contributed by atoms with van der Waals surface area (Å²) in [6, 6.07) is 15.1. The molecule has 122 valence electrons. The molecule has 3 nitrogen and oxygen atoms in total. The molecule has 0 unspecified atom stereocenters. The lowest BCUT2D eigenvalue weighted by Gasteiger charge is -2.19. The highest BCUT2D eigenvalue weighted by Crippen LogP contribution is 2.33. The Labute approximate surface area is 146 Å². The first kappa shape index (κ1) is 16.5. The second-order valence-corrected chi connectivity index (χ2v) is 7.32. The van der Waals surface area contributed by atoms with E-state index in [-0.39, 0.29) is 5.78 Å². The lowest BCUT2D eigenvalue weighted by atomic mass is 9.84. The monoisotopic (exact) mass is 338 g/mol. The third-order valence-corrected chi connectivity index (χ3v) is 4.21. The molecular formula is C20H19ClN2O. The summed E-state index contributed by atoms with van der Waals surface area (Å²) in [5.41, 5.74) is 8.65. The normalized spacial score (nSPS) is 11.7. The van der Waals surface area contributed by atoms with Crippen molar-refractivity contribution >= 4 is 34.1 Å². The number of fused-ring (bicyclic) bond motifs is 1. The minimum atomic E-state index is -0.485. The summed E-state index contributed by atoms with van der Waals surface area (Å²) < 4.78 is 0. The van der Waals surface area contributed by atoms with Gasteiger partial charge in [-0.1, -0.05) is 50.6 Å². The van der Waals surface area contributed by atoms with Gasteiger partial charge in [0.2, 0.25) is 0 Å². The zero-order chi connectivity index (χ0) is 17.5. The van der Waals surface area contributed by atoms with Gasteiger partial charge in [-0.3, -0.25) is 4.79 Å². The fraction of sp³-hybridized carbons (Fsp3) is 0.200. The van der Waals surface area contributed by atoms with Crippen LogP contribution in [0.1, 0.15) is 31.1 Å². The molecule has 0 bridgehead atoms. The number of carbonyl (C=O) groups is 1. The molecule has 0 aliphatic heterocycles. The molecule has 0 amide bonds. The first-order chi connectivity index (χ1) is 11.3. The fourth-order valence-electron chi connectivity index (χ4n) is 2.70. The Morgan fingerprint density at radius 1 is 1.00 bits per heavy atom. The van der Waals surface area contributed by atoms with Crippen molar-refractivity contribution in [1.82, 2.24) is 4.98 Å². The van der Waals surface area contributed by atoms with Crippen LogP contribution in [0.15, 0.2) is 48.5 Å². The Hall–Kier alpha value is -2.39. The summed E-state index contributed by atoms with van der Waals surface area (Å²) in [5.74, 6) is 0.451. The third-order valence-electron chi connectivity index (χ3n) is 3.96. The molecule has 0 aliphatic carbocycles. The number of hydrogen-bond donors (Lipinski definition) is 1. The minimum absolute atomic E-state index is 0.0493. The largest absolute Gasteiger partial charge is 0.384 e. The number of rotatable bonds is 2. The Morgan fingerprint density at radius 2 is 1.67 bits per heavy atom. The smallest absolute Gasteiger partial charge is 0.170 e. The first-order valence-corrected chi connectivity index (χ1v) is 8.15. The van der Waals surface area contributed by atoms with Crippen LogP contribution in [0.5, 0.6) is 0 Å². The van der Waals surface area contributed by atoms with E-state index in [2.05, 4.69) is 4.98 Å². The van der Waals surface area contributed by atoms with Gasteiger partial charge in [0.25, 0.3) is 0 Å². The van der Waals surface area contributed by atoms with Crippen LogP contribution < -0.4 is 5.73 Å². The second kappa shape index (κ2) is 5.91. The molecule has 2 N–H and O–H groups in total. The van der Waals surface area contributed by atoms with Gasteiger partial charge in [-0.05, 0) is 41.5 Å². The molecule has 1 aromatic heterocycles. The van der Waals surface area contributed by atoms with Crippen molar-refractivity contribution in [2.45, 2.75) is 20.8 Å². The van der Waals surface area contributed by atoms with Crippen LogP contribution in [0.4, 0.5) is 5.82 Å². The van der Waals surface area contributed by atoms with Crippen LogP contribution >= 0.6 is 11.6 Å². The van der Waals surface area contributed by atoms with Crippen LogP contribution in [-0.4, -0.2) is 10.8 Å². The number of halogens is 1. The fourth-order valence-corrected chi connectivity index (χ4v) is 2.83. The van der Waals surface area contributed by atoms with Gasteiger partial charge < -0.3 is 5.73 Å². The number of Topliss-reactive ketones (excluding diaryl/α,β-unsaturated/α-hetero) is 1. The number of nitrogens with zero attached hydrogens (tertiary/aromatic N) is 1. The Balaban J connectivity index is 2.28. The number of hydrogen-bond acceptors (Lipinski definition) is 3. The van der Waals surface area contributed by atoms with Crippen LogP contribution in [0.3, 0.4) is 0 Å². The van der Waals surface area contributed by atoms with Gasteiger partial charge in [0.15, 0.2) is 5.78 Å². The number of carbonyl (C=O) groups excluding carboxylic acids is 1. The van der Waals surface area contributed by atoms with E-state index in [1.54, 1.807) is 6.07 Å². The minimum Gasteiger partial charge on any atom is -0.384 e. The molecule has 0 spiro atoms. The van der Waals surface area contributed by atoms with E-state index in [1.165, 1.54) is 0 Å². The van der Waals surface area contributed by atoms with Crippen molar-refractivity contribution in [3.63, 3.8) is 0 Å². The van der Waals surface area contributed by atoms with Crippen molar-refractivity contribution in [3.8, 4) is 11.1 Å². The molecule has 0 saturated heterocycles. The van der Waals surface area contributed by atoms with Gasteiger partial charge >= 0.3 is 0 Å². The highest BCUT2D eigenvalue weighted by Gasteiger charge is 2.25. The maximum atomic E-state index is 12.8. The predicted octanol–water partition coefficient (Wildman–Crippen LogP) is 5.37. The number of aromatic nitrogens is 1. The summed E-state index contributed by atoms with van der Waals surface area (Å²) in [5, 5.41) is 1.59. The summed E-state index contributed by atoms with van der Waals surface area (Å²) in [6.07, 6.45) is 0. The SMILES string of the molecule is CC(C)(C)C(=O)c1ccc(-c2ccc(Cl)cc2)c2ccc(N)nc12. The van der Waals surface area contributed by atoms with E-state index in [9.17, 15) is 4.79 Å². The first-order valence-electron chi connectivity index (χ1n) is 7.77. The van der Waals surface area contributed by atoms with Crippen LogP contribution in [-0.2, 0) is 0 Å². The molecule has 0 atom stereocenters. The molecule has 1 heterocycles. The van der Waals surface area contributed by atoms with E-state index < -0.39 is 5.41 Å². The van der Waals surface area contributed by atoms with Crippen LogP contribution in [0.2, 0.25) is 5.02 Å². The Kier molecular flexibility index (Phi) is 4.06. The molecule has 3 rings (SSSR count). The van der Waals surface area contributed by atoms with Gasteiger partial charge in [-0.25, -0.2) is 4.98 Å². The van der Waals surface area contributed by atoms with Crippen molar-refractivity contribution in [2.75, 3.05) is 5.73 Å². The van der Waals surface area contributed by atoms with E-state index in [0.717, 1.165) is 16.5 Å². The van der Waals surface area contributed by atoms with Crippen molar-refractivity contribution < 1.29 is 4.79 Å². The lowest BCUT2D eigenvalue weighted by Crippen LogP contribution is -2.20. The van der Waals surface area contributed by atoms with Crippen molar-refractivity contribution in [2.24, 2.45) is 5.41 Å². The number of nitrogen functional groups attached to an aromatic ring is 1.